The summed E-state index contributed by atoms with van der Waals surface area (Å²) in [6.07, 6.45) is 10.6. The molecular weight excluding hydrogens is 739 g/mol. The molecule has 1 aliphatic carbocycles. The first kappa shape index (κ1) is 44.8. The van der Waals surface area contributed by atoms with Crippen molar-refractivity contribution in [2.75, 3.05) is 26.2 Å². The van der Waals surface area contributed by atoms with E-state index in [1.807, 2.05) is 85.9 Å². The lowest BCUT2D eigenvalue weighted by Gasteiger charge is -2.42. The van der Waals surface area contributed by atoms with Gasteiger partial charge >= 0.3 is 0 Å². The average Bonchev–Trinajstić information content (AvgIpc) is 3.69. The summed E-state index contributed by atoms with van der Waals surface area (Å²) in [5.74, 6) is -1.95. The molecule has 0 bridgehead atoms. The number of nitrogens with one attached hydrogen (secondary N) is 1. The number of rotatable bonds is 6. The van der Waals surface area contributed by atoms with Crippen LogP contribution in [0.2, 0.25) is 0 Å². The fourth-order valence-corrected chi connectivity index (χ4v) is 8.85. The second kappa shape index (κ2) is 21.1. The van der Waals surface area contributed by atoms with Gasteiger partial charge in [-0.25, -0.2) is 9.97 Å². The van der Waals surface area contributed by atoms with E-state index in [9.17, 15) is 19.2 Å². The van der Waals surface area contributed by atoms with Crippen LogP contribution in [-0.2, 0) is 16.1 Å². The average molecular weight is 802 g/mol. The Morgan fingerprint density at radius 3 is 2.03 bits per heavy atom. The zero-order chi connectivity index (χ0) is 42.6. The quantitative estimate of drug-likeness (QED) is 0.169. The van der Waals surface area contributed by atoms with Crippen LogP contribution in [-0.4, -0.2) is 91.1 Å². The summed E-state index contributed by atoms with van der Waals surface area (Å²) in [6.45, 7) is 20.5. The molecule has 4 amide bonds. The van der Waals surface area contributed by atoms with Crippen molar-refractivity contribution in [3.05, 3.63) is 96.1 Å². The molecular formula is C48H63N7O4. The first-order chi connectivity index (χ1) is 28.9. The Hall–Kier alpha value is -5.26. The molecule has 0 radical (unpaired) electrons. The molecule has 5 aromatic rings. The number of piperidine rings is 1. The molecule has 1 unspecified atom stereocenters. The van der Waals surface area contributed by atoms with Gasteiger partial charge in [-0.15, -0.1) is 0 Å². The van der Waals surface area contributed by atoms with Gasteiger partial charge in [0.15, 0.2) is 0 Å². The van der Waals surface area contributed by atoms with E-state index in [4.69, 9.17) is 4.98 Å². The summed E-state index contributed by atoms with van der Waals surface area (Å²) in [7, 11) is 0. The van der Waals surface area contributed by atoms with E-state index < -0.39 is 23.8 Å². The Morgan fingerprint density at radius 2 is 1.36 bits per heavy atom. The summed E-state index contributed by atoms with van der Waals surface area (Å²) >= 11 is 0. The van der Waals surface area contributed by atoms with Crippen molar-refractivity contribution in [1.82, 2.24) is 34.6 Å². The van der Waals surface area contributed by atoms with Gasteiger partial charge in [0.25, 0.3) is 11.8 Å². The van der Waals surface area contributed by atoms with E-state index in [1.54, 1.807) is 12.4 Å². The summed E-state index contributed by atoms with van der Waals surface area (Å²) in [6, 6.07) is 19.9. The second-order valence-corrected chi connectivity index (χ2v) is 14.3. The van der Waals surface area contributed by atoms with Gasteiger partial charge in [-0.05, 0) is 66.8 Å². The fourth-order valence-electron chi connectivity index (χ4n) is 8.85. The number of fused-ring (bicyclic) bond motifs is 1. The molecule has 9 rings (SSSR count). The molecule has 3 aromatic carbocycles. The molecule has 1 atom stereocenters. The molecule has 11 nitrogen and oxygen atoms in total. The van der Waals surface area contributed by atoms with Crippen molar-refractivity contribution in [2.45, 2.75) is 119 Å². The van der Waals surface area contributed by atoms with Crippen molar-refractivity contribution >= 4 is 45.4 Å². The highest BCUT2D eigenvalue weighted by Crippen LogP contribution is 2.38. The highest BCUT2D eigenvalue weighted by atomic mass is 16.2. The van der Waals surface area contributed by atoms with E-state index in [2.05, 4.69) is 61.2 Å². The molecule has 1 saturated carbocycles. The summed E-state index contributed by atoms with van der Waals surface area (Å²) in [5, 5.41) is 4.87. The number of carbonyl (C=O) groups is 4. The lowest BCUT2D eigenvalue weighted by atomic mass is 9.89. The number of carbonyl (C=O) groups excluding carboxylic acids is 4. The third kappa shape index (κ3) is 9.31. The number of aromatic nitrogens is 3. The highest BCUT2D eigenvalue weighted by molar-refractivity contribution is 6.27. The smallest absolute Gasteiger partial charge is 0.262 e. The van der Waals surface area contributed by atoms with Crippen LogP contribution in [0.1, 0.15) is 126 Å². The number of hydrogen-bond acceptors (Lipinski definition) is 8. The van der Waals surface area contributed by atoms with E-state index in [1.165, 1.54) is 11.1 Å². The van der Waals surface area contributed by atoms with Crippen molar-refractivity contribution in [2.24, 2.45) is 0 Å². The Balaban J connectivity index is 0.000000782. The van der Waals surface area contributed by atoms with Gasteiger partial charge in [-0.2, -0.15) is 0 Å². The summed E-state index contributed by atoms with van der Waals surface area (Å²) in [5.41, 5.74) is 5.24. The van der Waals surface area contributed by atoms with Gasteiger partial charge in [0.05, 0.1) is 0 Å². The normalized spacial score (nSPS) is 20.5. The minimum atomic E-state index is -0.999. The topological polar surface area (TPSA) is 121 Å². The van der Waals surface area contributed by atoms with Crippen LogP contribution in [0.3, 0.4) is 0 Å². The van der Waals surface area contributed by atoms with Crippen LogP contribution >= 0.6 is 0 Å². The Morgan fingerprint density at radius 1 is 0.695 bits per heavy atom. The van der Waals surface area contributed by atoms with Crippen LogP contribution in [0.5, 0.6) is 0 Å². The van der Waals surface area contributed by atoms with Gasteiger partial charge in [-0.1, -0.05) is 97.9 Å². The minimum Gasteiger partial charge on any atom is -0.329 e. The largest absolute Gasteiger partial charge is 0.329 e. The first-order valence-corrected chi connectivity index (χ1v) is 22.0. The Labute approximate surface area is 350 Å². The molecule has 314 valence electrons. The third-order valence-corrected chi connectivity index (χ3v) is 11.4. The van der Waals surface area contributed by atoms with Gasteiger partial charge in [-0.3, -0.25) is 39.2 Å². The predicted molar refractivity (Wildman–Crippen MR) is 237 cm³/mol. The molecule has 4 aliphatic rings. The number of benzene rings is 3. The molecule has 3 aliphatic heterocycles. The zero-order valence-corrected chi connectivity index (χ0v) is 36.3. The Bertz CT molecular complexity index is 2200. The second-order valence-electron chi connectivity index (χ2n) is 14.3. The van der Waals surface area contributed by atoms with Gasteiger partial charge in [0.1, 0.15) is 18.0 Å². The number of amides is 4. The zero-order valence-electron chi connectivity index (χ0n) is 36.3. The van der Waals surface area contributed by atoms with Gasteiger partial charge in [0.2, 0.25) is 11.8 Å². The first-order valence-electron chi connectivity index (χ1n) is 22.0. The van der Waals surface area contributed by atoms with Crippen LogP contribution in [0, 0.1) is 0 Å². The van der Waals surface area contributed by atoms with Crippen molar-refractivity contribution in [3.8, 4) is 11.1 Å². The van der Waals surface area contributed by atoms with Crippen LogP contribution in [0.25, 0.3) is 32.9 Å². The molecule has 11 heteroatoms. The van der Waals surface area contributed by atoms with Crippen molar-refractivity contribution in [1.29, 1.82) is 0 Å². The number of imide groups is 2. The highest BCUT2D eigenvalue weighted by Gasteiger charge is 2.43. The third-order valence-electron chi connectivity index (χ3n) is 11.4. The SMILES string of the molecule is CC.CC.CC.CC.O=C1CCC(N2C(=O)c3cccc4cc(CN5CCN(C6CCC(n7cc(-c8ccccc8)c8cncnc87)CC6)CC5)cc(c34)C2=O)C(=O)N1. The lowest BCUT2D eigenvalue weighted by molar-refractivity contribution is -0.136. The van der Waals surface area contributed by atoms with Gasteiger partial charge in [0, 0.05) is 91.1 Å². The summed E-state index contributed by atoms with van der Waals surface area (Å²) < 4.78 is 2.39. The van der Waals surface area contributed by atoms with Crippen molar-refractivity contribution in [3.63, 3.8) is 0 Å². The lowest BCUT2D eigenvalue weighted by Crippen LogP contribution is -2.57. The molecule has 2 aromatic heterocycles. The minimum absolute atomic E-state index is 0.0906. The standard InChI is InChI=1S/C40H39N7O4.4C2H6/c48-35-14-13-34(38(49)43-35)47-39(50)30-8-4-7-27-19-25(20-31(36(27)30)40(47)51)22-44-15-17-45(18-16-44)28-9-11-29(12-10-28)46-23-33(26-5-2-1-3-6-26)32-21-41-24-42-37(32)46;4*1-2/h1-8,19-21,23-24,28-29,34H,9-18,22H2,(H,43,48,49);4*1-2H3. The van der Waals surface area contributed by atoms with Crippen LogP contribution < -0.4 is 5.32 Å². The predicted octanol–water partition coefficient (Wildman–Crippen LogP) is 9.06. The van der Waals surface area contributed by atoms with E-state index in [-0.39, 0.29) is 18.7 Å². The van der Waals surface area contributed by atoms with E-state index in [0.717, 1.165) is 78.7 Å². The van der Waals surface area contributed by atoms with E-state index >= 15 is 0 Å². The Kier molecular flexibility index (Phi) is 16.1. The van der Waals surface area contributed by atoms with Gasteiger partial charge < -0.3 is 4.57 Å². The maximum atomic E-state index is 13.9. The number of nitrogens with zero attached hydrogens (tertiary/aromatic N) is 6. The number of hydrogen-bond donors (Lipinski definition) is 1. The molecule has 2 saturated heterocycles. The molecule has 3 fully saturated rings. The monoisotopic (exact) mass is 801 g/mol. The number of piperazine rings is 1. The molecule has 5 heterocycles. The maximum Gasteiger partial charge on any atom is 0.262 e. The van der Waals surface area contributed by atoms with Crippen molar-refractivity contribution < 1.29 is 19.2 Å². The molecule has 0 spiro atoms. The fraction of sp³-hybridized carbons (Fsp3) is 0.458. The molecule has 1 N–H and O–H groups in total. The maximum absolute atomic E-state index is 13.9. The van der Waals surface area contributed by atoms with Crippen LogP contribution in [0.15, 0.2) is 79.4 Å². The van der Waals surface area contributed by atoms with E-state index in [0.29, 0.717) is 35.1 Å². The molecule has 59 heavy (non-hydrogen) atoms. The summed E-state index contributed by atoms with van der Waals surface area (Å²) in [4.78, 5) is 67.0. The van der Waals surface area contributed by atoms with Crippen LogP contribution in [0.4, 0.5) is 0 Å².